The van der Waals surface area contributed by atoms with E-state index in [0.717, 1.165) is 75.5 Å². The molecule has 0 aliphatic carbocycles. The van der Waals surface area contributed by atoms with Crippen LogP contribution in [0.4, 0.5) is 0 Å². The van der Waals surface area contributed by atoms with Crippen molar-refractivity contribution in [1.82, 2.24) is 0 Å². The average Bonchev–Trinajstić information content (AvgIpc) is 3.18. The van der Waals surface area contributed by atoms with Gasteiger partial charge < -0.3 is 14.2 Å². The molecule has 0 amide bonds. The predicted octanol–water partition coefficient (Wildman–Crippen LogP) is 16.0. The maximum atomic E-state index is 12.7. The number of ether oxygens (including phenoxy) is 3. The lowest BCUT2D eigenvalue weighted by Gasteiger charge is -2.18. The highest BCUT2D eigenvalue weighted by Gasteiger charge is 2.19. The molecule has 0 aromatic heterocycles. The summed E-state index contributed by atoms with van der Waals surface area (Å²) >= 11 is 0. The lowest BCUT2D eigenvalue weighted by atomic mass is 9.99. The third-order valence-electron chi connectivity index (χ3n) is 11.8. The Bertz CT molecular complexity index is 885. The van der Waals surface area contributed by atoms with Gasteiger partial charge in [0.2, 0.25) is 0 Å². The molecule has 338 valence electrons. The van der Waals surface area contributed by atoms with E-state index in [-0.39, 0.29) is 31.1 Å². The van der Waals surface area contributed by atoms with Crippen LogP contribution in [0.1, 0.15) is 273 Å². The summed E-state index contributed by atoms with van der Waals surface area (Å²) in [6, 6.07) is 0. The van der Waals surface area contributed by atoms with Gasteiger partial charge in [0.05, 0.1) is 0 Å². The Morgan fingerprint density at radius 1 is 0.351 bits per heavy atom. The number of carbonyl (C=O) groups excluding carboxylic acids is 3. The number of hydrogen-bond donors (Lipinski definition) is 0. The number of esters is 3. The smallest absolute Gasteiger partial charge is 0.306 e. The van der Waals surface area contributed by atoms with E-state index in [4.69, 9.17) is 14.2 Å². The Morgan fingerprint density at radius 3 is 0.912 bits per heavy atom. The fraction of sp³-hybridized carbons (Fsp3) is 0.941. The van der Waals surface area contributed by atoms with Crippen LogP contribution in [-0.4, -0.2) is 37.2 Å². The summed E-state index contributed by atoms with van der Waals surface area (Å²) in [7, 11) is 0. The Hall–Kier alpha value is -1.59. The van der Waals surface area contributed by atoms with Gasteiger partial charge in [0.15, 0.2) is 6.10 Å². The van der Waals surface area contributed by atoms with Gasteiger partial charge in [0.1, 0.15) is 13.2 Å². The first-order valence-electron chi connectivity index (χ1n) is 25.1. The van der Waals surface area contributed by atoms with Crippen molar-refractivity contribution in [2.75, 3.05) is 13.2 Å². The van der Waals surface area contributed by atoms with E-state index in [1.54, 1.807) is 0 Å². The zero-order valence-corrected chi connectivity index (χ0v) is 39.1. The van der Waals surface area contributed by atoms with Crippen molar-refractivity contribution in [3.63, 3.8) is 0 Å². The summed E-state index contributed by atoms with van der Waals surface area (Å²) in [5, 5.41) is 0. The Balaban J connectivity index is 4.30. The van der Waals surface area contributed by atoms with Gasteiger partial charge >= 0.3 is 17.9 Å². The van der Waals surface area contributed by atoms with Crippen LogP contribution in [0.3, 0.4) is 0 Å². The minimum atomic E-state index is -0.763. The van der Waals surface area contributed by atoms with Crippen LogP contribution in [0.5, 0.6) is 0 Å². The monoisotopic (exact) mass is 807 g/mol. The first-order chi connectivity index (χ1) is 27.6. The van der Waals surface area contributed by atoms with E-state index in [1.807, 2.05) is 0 Å². The van der Waals surface area contributed by atoms with Crippen LogP contribution < -0.4 is 0 Å². The molecule has 0 rings (SSSR count). The number of carbonyl (C=O) groups is 3. The highest BCUT2D eigenvalue weighted by Crippen LogP contribution is 2.18. The molecule has 0 bridgehead atoms. The summed E-state index contributed by atoms with van der Waals surface area (Å²) in [4.78, 5) is 37.9. The molecule has 0 aliphatic rings. The first kappa shape index (κ1) is 55.4. The van der Waals surface area contributed by atoms with Gasteiger partial charge in [0.25, 0.3) is 0 Å². The van der Waals surface area contributed by atoms with Crippen LogP contribution in [0.15, 0.2) is 0 Å². The zero-order chi connectivity index (χ0) is 42.0. The standard InChI is InChI=1S/C51H98O6/c1-7-47(6)39-33-27-21-15-12-13-17-23-29-35-41-50(53)56-44-48(57-51(54)42-36-30-24-18-20-26-32-38-46(4)5)43-55-49(52)40-34-28-22-16-11-9-8-10-14-19-25-31-37-45(2)3/h45-48H,7-44H2,1-6H3/t47?,48-/m1/s1. The second-order valence-electron chi connectivity index (χ2n) is 18.6. The number of unbranched alkanes of at least 4 members (excludes halogenated alkanes) is 26. The maximum absolute atomic E-state index is 12.7. The van der Waals surface area contributed by atoms with Crippen molar-refractivity contribution in [3.05, 3.63) is 0 Å². The minimum Gasteiger partial charge on any atom is -0.462 e. The second kappa shape index (κ2) is 42.5. The topological polar surface area (TPSA) is 78.9 Å². The SMILES string of the molecule is CCC(C)CCCCCCCCCCCCC(=O)OC[C@@H](COC(=O)CCCCCCCCCCCCCCC(C)C)OC(=O)CCCCCCCCCC(C)C. The van der Waals surface area contributed by atoms with Gasteiger partial charge in [-0.3, -0.25) is 14.4 Å². The zero-order valence-electron chi connectivity index (χ0n) is 39.1. The minimum absolute atomic E-state index is 0.0657. The van der Waals surface area contributed by atoms with Crippen molar-refractivity contribution in [2.24, 2.45) is 17.8 Å². The molecule has 2 atom stereocenters. The summed E-state index contributed by atoms with van der Waals surface area (Å²) in [5.41, 5.74) is 0. The fourth-order valence-corrected chi connectivity index (χ4v) is 7.55. The molecule has 0 radical (unpaired) electrons. The normalized spacial score (nSPS) is 12.6. The third-order valence-corrected chi connectivity index (χ3v) is 11.8. The molecule has 57 heavy (non-hydrogen) atoms. The van der Waals surface area contributed by atoms with Gasteiger partial charge in [-0.1, -0.05) is 234 Å². The predicted molar refractivity (Wildman–Crippen MR) is 243 cm³/mol. The van der Waals surface area contributed by atoms with Crippen LogP contribution in [-0.2, 0) is 28.6 Å². The van der Waals surface area contributed by atoms with Crippen molar-refractivity contribution >= 4 is 17.9 Å². The van der Waals surface area contributed by atoms with Gasteiger partial charge in [-0.25, -0.2) is 0 Å². The van der Waals surface area contributed by atoms with Gasteiger partial charge in [-0.2, -0.15) is 0 Å². The Labute approximate surface area is 355 Å². The molecule has 0 N–H and O–H groups in total. The molecule has 0 heterocycles. The lowest BCUT2D eigenvalue weighted by molar-refractivity contribution is -0.167. The molecule has 0 saturated carbocycles. The lowest BCUT2D eigenvalue weighted by Crippen LogP contribution is -2.30. The molecule has 6 nitrogen and oxygen atoms in total. The molecular weight excluding hydrogens is 709 g/mol. The van der Waals surface area contributed by atoms with Crippen LogP contribution >= 0.6 is 0 Å². The van der Waals surface area contributed by atoms with Crippen LogP contribution in [0, 0.1) is 17.8 Å². The molecule has 0 aliphatic heterocycles. The number of rotatable bonds is 44. The molecule has 0 spiro atoms. The molecule has 0 aromatic rings. The summed E-state index contributed by atoms with van der Waals surface area (Å²) in [5.74, 6) is 1.62. The molecule has 1 unspecified atom stereocenters. The largest absolute Gasteiger partial charge is 0.462 e. The molecular formula is C51H98O6. The van der Waals surface area contributed by atoms with E-state index in [0.29, 0.717) is 19.3 Å². The summed E-state index contributed by atoms with van der Waals surface area (Å²) in [6.45, 7) is 13.7. The first-order valence-corrected chi connectivity index (χ1v) is 25.1. The van der Waals surface area contributed by atoms with E-state index in [9.17, 15) is 14.4 Å². The van der Waals surface area contributed by atoms with Crippen molar-refractivity contribution in [3.8, 4) is 0 Å². The van der Waals surface area contributed by atoms with Gasteiger partial charge in [0, 0.05) is 19.3 Å². The average molecular weight is 807 g/mol. The van der Waals surface area contributed by atoms with Gasteiger partial charge in [-0.05, 0) is 37.0 Å². The Morgan fingerprint density at radius 2 is 0.614 bits per heavy atom. The van der Waals surface area contributed by atoms with E-state index >= 15 is 0 Å². The van der Waals surface area contributed by atoms with Crippen LogP contribution in [0.2, 0.25) is 0 Å². The molecule has 0 fully saturated rings. The molecule has 0 aromatic carbocycles. The van der Waals surface area contributed by atoms with Crippen molar-refractivity contribution in [1.29, 1.82) is 0 Å². The summed E-state index contributed by atoms with van der Waals surface area (Å²) < 4.78 is 16.8. The highest BCUT2D eigenvalue weighted by molar-refractivity contribution is 5.71. The van der Waals surface area contributed by atoms with Gasteiger partial charge in [-0.15, -0.1) is 0 Å². The maximum Gasteiger partial charge on any atom is 0.306 e. The molecule has 6 heteroatoms. The van der Waals surface area contributed by atoms with Crippen LogP contribution in [0.25, 0.3) is 0 Å². The van der Waals surface area contributed by atoms with E-state index < -0.39 is 6.10 Å². The second-order valence-corrected chi connectivity index (χ2v) is 18.6. The quantitative estimate of drug-likeness (QED) is 0.0347. The Kier molecular flexibility index (Phi) is 41.3. The summed E-state index contributed by atoms with van der Waals surface area (Å²) in [6.07, 6.45) is 40.9. The number of hydrogen-bond acceptors (Lipinski definition) is 6. The third kappa shape index (κ3) is 43.8. The highest BCUT2D eigenvalue weighted by atomic mass is 16.6. The fourth-order valence-electron chi connectivity index (χ4n) is 7.55. The van der Waals surface area contributed by atoms with Crippen molar-refractivity contribution < 1.29 is 28.6 Å². The van der Waals surface area contributed by atoms with Crippen molar-refractivity contribution in [2.45, 2.75) is 279 Å². The van der Waals surface area contributed by atoms with E-state index in [2.05, 4.69) is 41.5 Å². The molecule has 0 saturated heterocycles. The van der Waals surface area contributed by atoms with E-state index in [1.165, 1.54) is 154 Å².